The molecule has 2 aliphatic heterocycles. The largest absolute Gasteiger partial charge is 0.369 e. The highest BCUT2D eigenvalue weighted by atomic mass is 31.3. The molecule has 0 saturated carbocycles. The fraction of sp³-hybridized carbons (Fsp3) is 0.500. The van der Waals surface area contributed by atoms with Crippen LogP contribution in [0.1, 0.15) is 44.6 Å². The summed E-state index contributed by atoms with van der Waals surface area (Å²) in [7, 11) is -13.1. The second-order valence-corrected chi connectivity index (χ2v) is 17.6. The third kappa shape index (κ3) is 7.94. The number of nitrogens with zero attached hydrogens (tertiary/aromatic N) is 6. The highest BCUT2D eigenvalue weighted by molar-refractivity contribution is 7.75. The van der Waals surface area contributed by atoms with Crippen LogP contribution >= 0.6 is 22.8 Å². The minimum atomic E-state index is -5.12. The van der Waals surface area contributed by atoms with Crippen molar-refractivity contribution in [1.82, 2.24) is 34.1 Å². The second kappa shape index (κ2) is 13.3. The van der Waals surface area contributed by atoms with Crippen LogP contribution in [0.4, 0.5) is 11.9 Å². The maximum Gasteiger partial charge on any atom is 0.358 e. The summed E-state index contributed by atoms with van der Waals surface area (Å²) in [6, 6.07) is 0. The molecule has 2 saturated heterocycles. The smallest absolute Gasteiger partial charge is 0.358 e. The number of hydrogen-bond donors (Lipinski definition) is 7. The van der Waals surface area contributed by atoms with Gasteiger partial charge in [0.15, 0.2) is 29.6 Å². The molecular formula is C24H34N10O12P3+. The van der Waals surface area contributed by atoms with E-state index in [1.54, 1.807) is 22.5 Å². The van der Waals surface area contributed by atoms with Crippen molar-refractivity contribution in [2.45, 2.75) is 56.8 Å². The Bertz CT molecular complexity index is 2200. The van der Waals surface area contributed by atoms with E-state index in [4.69, 9.17) is 25.5 Å². The number of aryl methyl sites for hydroxylation is 1. The molecule has 4 aromatic rings. The minimum Gasteiger partial charge on any atom is -0.369 e. The number of aromatic amines is 2. The van der Waals surface area contributed by atoms with Gasteiger partial charge in [0, 0.05) is 12.2 Å². The number of hydrogen-bond acceptors (Lipinski definition) is 14. The van der Waals surface area contributed by atoms with Crippen LogP contribution in [-0.4, -0.2) is 73.5 Å². The Morgan fingerprint density at radius 1 is 1.02 bits per heavy atom. The fourth-order valence-corrected chi connectivity index (χ4v) is 11.0. The van der Waals surface area contributed by atoms with E-state index in [1.165, 1.54) is 17.0 Å². The molecule has 0 spiro atoms. The number of rotatable bonds is 12. The molecule has 4 aromatic heterocycles. The molecule has 49 heavy (non-hydrogen) atoms. The van der Waals surface area contributed by atoms with E-state index in [1.807, 2.05) is 0 Å². The van der Waals surface area contributed by atoms with Gasteiger partial charge in [-0.05, 0) is 25.7 Å². The van der Waals surface area contributed by atoms with Crippen LogP contribution in [0.3, 0.4) is 0 Å². The molecule has 2 aliphatic rings. The Balaban J connectivity index is 0.986. The number of H-pyrrole nitrogens is 2. The van der Waals surface area contributed by atoms with Crippen molar-refractivity contribution in [3.8, 4) is 0 Å². The Hall–Kier alpha value is -3.55. The molecule has 0 radical (unpaired) electrons. The van der Waals surface area contributed by atoms with Gasteiger partial charge in [-0.15, -0.1) is 0 Å². The number of nitrogens with one attached hydrogen (secondary N) is 2. The number of imidazole rings is 2. The number of aromatic nitrogens is 8. The van der Waals surface area contributed by atoms with Gasteiger partial charge in [-0.2, -0.15) is 4.98 Å². The van der Waals surface area contributed by atoms with Crippen molar-refractivity contribution in [3.05, 3.63) is 45.3 Å². The normalized spacial score (nSPS) is 25.2. The molecule has 7 atom stereocenters. The first-order valence-corrected chi connectivity index (χ1v) is 20.0. The lowest BCUT2D eigenvalue weighted by molar-refractivity contribution is -0.739. The number of anilines is 2. The van der Waals surface area contributed by atoms with Crippen LogP contribution in [0, 0.1) is 0 Å². The van der Waals surface area contributed by atoms with Crippen molar-refractivity contribution in [1.29, 1.82) is 0 Å². The molecule has 0 amide bonds. The predicted molar refractivity (Wildman–Crippen MR) is 170 cm³/mol. The van der Waals surface area contributed by atoms with Crippen LogP contribution in [0.15, 0.2) is 34.1 Å². The van der Waals surface area contributed by atoms with E-state index >= 15 is 0 Å². The zero-order chi connectivity index (χ0) is 35.3. The molecule has 0 aromatic carbocycles. The first kappa shape index (κ1) is 35.3. The molecule has 6 rings (SSSR count). The predicted octanol–water partition coefficient (Wildman–Crippen LogP) is 0.653. The van der Waals surface area contributed by atoms with Crippen molar-refractivity contribution in [3.63, 3.8) is 0 Å². The Labute approximate surface area is 275 Å². The van der Waals surface area contributed by atoms with Crippen molar-refractivity contribution >= 4 is 57.0 Å². The fourth-order valence-electron chi connectivity index (χ4n) is 5.76. The molecule has 266 valence electrons. The third-order valence-electron chi connectivity index (χ3n) is 7.79. The van der Waals surface area contributed by atoms with E-state index in [9.17, 15) is 38.0 Å². The summed E-state index contributed by atoms with van der Waals surface area (Å²) >= 11 is 0. The first-order valence-electron chi connectivity index (χ1n) is 14.8. The summed E-state index contributed by atoms with van der Waals surface area (Å²) in [5.41, 5.74) is 11.2. The van der Waals surface area contributed by atoms with Gasteiger partial charge in [-0.1, -0.05) is 11.1 Å². The van der Waals surface area contributed by atoms with Crippen LogP contribution in [0.5, 0.6) is 0 Å². The number of nitrogen functional groups attached to an aromatic ring is 2. The highest BCUT2D eigenvalue weighted by Gasteiger charge is 2.40. The number of fused-ring (bicyclic) bond motifs is 2. The Morgan fingerprint density at radius 3 is 2.51 bits per heavy atom. The van der Waals surface area contributed by atoms with Gasteiger partial charge in [0.1, 0.15) is 6.23 Å². The van der Waals surface area contributed by atoms with E-state index in [0.29, 0.717) is 42.7 Å². The van der Waals surface area contributed by atoms with Crippen LogP contribution < -0.4 is 27.2 Å². The molecular weight excluding hydrogens is 713 g/mol. The minimum absolute atomic E-state index is 0.0485. The summed E-state index contributed by atoms with van der Waals surface area (Å²) in [6.45, 7) is -0.455. The van der Waals surface area contributed by atoms with Crippen molar-refractivity contribution < 1.29 is 51.3 Å². The molecule has 0 bridgehead atoms. The van der Waals surface area contributed by atoms with Gasteiger partial charge in [0.25, 0.3) is 17.1 Å². The van der Waals surface area contributed by atoms with Gasteiger partial charge in [0.05, 0.1) is 32.2 Å². The van der Waals surface area contributed by atoms with Crippen LogP contribution in [0.2, 0.25) is 0 Å². The Morgan fingerprint density at radius 2 is 1.73 bits per heavy atom. The van der Waals surface area contributed by atoms with Crippen LogP contribution in [-0.2, 0) is 39.1 Å². The summed E-state index contributed by atoms with van der Waals surface area (Å²) in [6.07, 6.45) is 3.88. The number of nitrogens with two attached hydrogens (primary N) is 2. The summed E-state index contributed by atoms with van der Waals surface area (Å²) in [5, 5.41) is 0. The summed E-state index contributed by atoms with van der Waals surface area (Å²) < 4.78 is 63.9. The molecule has 9 N–H and O–H groups in total. The molecule has 3 unspecified atom stereocenters. The van der Waals surface area contributed by atoms with E-state index < -0.39 is 71.1 Å². The zero-order valence-corrected chi connectivity index (χ0v) is 28.4. The lowest BCUT2D eigenvalue weighted by Gasteiger charge is -2.20. The Kier molecular flexibility index (Phi) is 9.57. The van der Waals surface area contributed by atoms with E-state index in [-0.39, 0.29) is 29.5 Å². The van der Waals surface area contributed by atoms with Gasteiger partial charge >= 0.3 is 28.4 Å². The maximum atomic E-state index is 12.6. The average Bonchev–Trinajstić information content (AvgIpc) is 3.76. The zero-order valence-electron chi connectivity index (χ0n) is 25.8. The van der Waals surface area contributed by atoms with Crippen LogP contribution in [0.25, 0.3) is 22.3 Å². The number of ether oxygens (including phenoxy) is 2. The standard InChI is InChI=1S/C24H33N10O12P3/c1-32-11-34(20-18(32)22(36)31-24(26)29-20)16-6-4-13(44-16)3-2-8-47(37,38)46-49(41,42)12-48(39,40)43-9-14-5-7-15(45-14)33-10-27-17-19(33)28-23(25)30-21(17)35/h2,8,10-11,13-16H,3-7,9,12H2,1H3,(H8-,25,26,28,29,30,31,35,36,37,38,39,40,41,42)/p+1/b8-2+/t13-,14+,15-,16-/m1/s1. The van der Waals surface area contributed by atoms with Gasteiger partial charge < -0.3 is 40.1 Å². The van der Waals surface area contributed by atoms with Crippen molar-refractivity contribution in [2.24, 2.45) is 7.05 Å². The quantitative estimate of drug-likeness (QED) is 0.0773. The molecule has 25 heteroatoms. The van der Waals surface area contributed by atoms with Gasteiger partial charge in [-0.3, -0.25) is 42.4 Å². The first-order chi connectivity index (χ1) is 23.0. The topological polar surface area (TPSA) is 319 Å². The van der Waals surface area contributed by atoms with Gasteiger partial charge in [-0.25, -0.2) is 13.9 Å². The van der Waals surface area contributed by atoms with E-state index in [0.717, 1.165) is 0 Å². The molecule has 22 nitrogen and oxygen atoms in total. The average molecular weight is 748 g/mol. The third-order valence-corrected chi connectivity index (χ3v) is 13.7. The lowest BCUT2D eigenvalue weighted by Crippen LogP contribution is -2.39. The monoisotopic (exact) mass is 747 g/mol. The molecule has 6 heterocycles. The van der Waals surface area contributed by atoms with Gasteiger partial charge in [0.2, 0.25) is 11.5 Å². The van der Waals surface area contributed by atoms with Crippen molar-refractivity contribution in [2.75, 3.05) is 24.0 Å². The highest BCUT2D eigenvalue weighted by Crippen LogP contribution is 2.66. The lowest BCUT2D eigenvalue weighted by atomic mass is 10.2. The van der Waals surface area contributed by atoms with E-state index in [2.05, 4.69) is 29.2 Å². The SMILES string of the molecule is Cn1c[n+]([C@H]2CC[C@@H](C/C=C/P(=O)(O)OP(=O)(O)CP(=O)(O)OC[C@@H]3CC[C@H](n4cnc5c(=O)[nH]c(N)nc54)O3)O2)c2nc(N)[nH]c(=O)c21. The second-order valence-electron chi connectivity index (χ2n) is 11.6. The molecule has 2 fully saturated rings. The molecule has 0 aliphatic carbocycles. The summed E-state index contributed by atoms with van der Waals surface area (Å²) in [4.78, 5) is 72.0. The maximum absolute atomic E-state index is 12.6. The summed E-state index contributed by atoms with van der Waals surface area (Å²) in [5.74, 6) is -0.926.